The topological polar surface area (TPSA) is 125 Å². The van der Waals surface area contributed by atoms with Gasteiger partial charge in [0.15, 0.2) is 18.1 Å². The molecule has 2 aromatic rings. The normalized spacial score (nSPS) is 12.1. The zero-order valence-electron chi connectivity index (χ0n) is 17.0. The van der Waals surface area contributed by atoms with Crippen molar-refractivity contribution in [1.82, 2.24) is 0 Å². The quantitative estimate of drug-likeness (QED) is 0.376. The van der Waals surface area contributed by atoms with Crippen LogP contribution in [0, 0.1) is 0 Å². The van der Waals surface area contributed by atoms with Gasteiger partial charge in [0.1, 0.15) is 0 Å². The van der Waals surface area contributed by atoms with Crippen LogP contribution in [0.3, 0.4) is 0 Å². The lowest BCUT2D eigenvalue weighted by atomic mass is 10.1. The van der Waals surface area contributed by atoms with Crippen molar-refractivity contribution in [2.75, 3.05) is 30.6 Å². The summed E-state index contributed by atoms with van der Waals surface area (Å²) in [5, 5.41) is 9.05. The predicted octanol–water partition coefficient (Wildman–Crippen LogP) is 2.30. The summed E-state index contributed by atoms with van der Waals surface area (Å²) in [6.07, 6.45) is 0. The van der Waals surface area contributed by atoms with Gasteiger partial charge >= 0.3 is 5.97 Å². The number of hydrogen-bond donors (Lipinski definition) is 2. The second kappa shape index (κ2) is 10.1. The highest BCUT2D eigenvalue weighted by atomic mass is 16.7. The van der Waals surface area contributed by atoms with Crippen molar-refractivity contribution in [2.45, 2.75) is 13.8 Å². The van der Waals surface area contributed by atoms with E-state index in [0.29, 0.717) is 28.6 Å². The maximum atomic E-state index is 11.9. The zero-order valence-corrected chi connectivity index (χ0v) is 17.0. The summed E-state index contributed by atoms with van der Waals surface area (Å²) in [5.41, 5.74) is 2.26. The maximum Gasteiger partial charge on any atom is 0.347 e. The monoisotopic (exact) mass is 427 g/mol. The summed E-state index contributed by atoms with van der Waals surface area (Å²) < 4.78 is 15.4. The molecule has 1 aliphatic rings. The van der Waals surface area contributed by atoms with Crippen molar-refractivity contribution in [3.8, 4) is 11.5 Å². The van der Waals surface area contributed by atoms with Crippen LogP contribution in [0.4, 0.5) is 11.4 Å². The van der Waals surface area contributed by atoms with Crippen LogP contribution in [0.2, 0.25) is 0 Å². The van der Waals surface area contributed by atoms with Crippen molar-refractivity contribution < 1.29 is 33.4 Å². The third-order valence-corrected chi connectivity index (χ3v) is 4.01. The van der Waals surface area contributed by atoms with E-state index in [-0.39, 0.29) is 12.7 Å². The summed E-state index contributed by atoms with van der Waals surface area (Å²) in [4.78, 5) is 39.8. The number of anilines is 2. The first-order chi connectivity index (χ1) is 14.9. The summed E-state index contributed by atoms with van der Waals surface area (Å²) >= 11 is 0. The Kier molecular flexibility index (Phi) is 7.05. The molecule has 0 radical (unpaired) electrons. The van der Waals surface area contributed by atoms with Gasteiger partial charge in [-0.25, -0.2) is 4.79 Å². The lowest BCUT2D eigenvalue weighted by molar-refractivity contribution is -0.151. The fourth-order valence-electron chi connectivity index (χ4n) is 2.62. The van der Waals surface area contributed by atoms with E-state index in [2.05, 4.69) is 15.8 Å². The van der Waals surface area contributed by atoms with Gasteiger partial charge in [-0.1, -0.05) is 11.2 Å². The first-order valence-electron chi connectivity index (χ1n) is 9.30. The highest BCUT2D eigenvalue weighted by Gasteiger charge is 2.14. The molecule has 0 saturated heterocycles. The van der Waals surface area contributed by atoms with E-state index >= 15 is 0 Å². The van der Waals surface area contributed by atoms with Crippen LogP contribution < -0.4 is 20.1 Å². The molecule has 1 heterocycles. The van der Waals surface area contributed by atoms with Crippen LogP contribution in [-0.4, -0.2) is 43.5 Å². The SMILES string of the molecule is CC(=O)Nc1cccc(NC(=O)COC(=O)CO/N=C(/C)c2ccc3c(c2)OCO3)c1. The molecule has 0 saturated carbocycles. The molecule has 0 bridgehead atoms. The number of ether oxygens (including phenoxy) is 3. The van der Waals surface area contributed by atoms with E-state index in [1.165, 1.54) is 6.92 Å². The molecule has 0 spiro atoms. The lowest BCUT2D eigenvalue weighted by Crippen LogP contribution is -2.22. The van der Waals surface area contributed by atoms with Crippen LogP contribution in [0.1, 0.15) is 19.4 Å². The molecule has 3 rings (SSSR count). The number of oxime groups is 1. The molecule has 162 valence electrons. The maximum absolute atomic E-state index is 11.9. The number of fused-ring (bicyclic) bond motifs is 1. The van der Waals surface area contributed by atoms with Crippen LogP contribution >= 0.6 is 0 Å². The highest BCUT2D eigenvalue weighted by molar-refractivity contribution is 5.99. The summed E-state index contributed by atoms with van der Waals surface area (Å²) in [7, 11) is 0. The average molecular weight is 427 g/mol. The molecule has 0 atom stereocenters. The second-order valence-corrected chi connectivity index (χ2v) is 6.49. The second-order valence-electron chi connectivity index (χ2n) is 6.49. The van der Waals surface area contributed by atoms with E-state index < -0.39 is 25.1 Å². The number of carbonyl (C=O) groups excluding carboxylic acids is 3. The first kappa shape index (κ1) is 21.6. The zero-order chi connectivity index (χ0) is 22.2. The number of benzene rings is 2. The van der Waals surface area contributed by atoms with Gasteiger partial charge in [0, 0.05) is 23.9 Å². The highest BCUT2D eigenvalue weighted by Crippen LogP contribution is 2.32. The number of nitrogens with zero attached hydrogens (tertiary/aromatic N) is 1. The van der Waals surface area contributed by atoms with Crippen molar-refractivity contribution in [2.24, 2.45) is 5.16 Å². The number of rotatable bonds is 8. The number of esters is 1. The van der Waals surface area contributed by atoms with E-state index in [4.69, 9.17) is 19.0 Å². The lowest BCUT2D eigenvalue weighted by Gasteiger charge is -2.08. The summed E-state index contributed by atoms with van der Waals surface area (Å²) in [5.74, 6) is -0.243. The molecular weight excluding hydrogens is 406 g/mol. The molecular formula is C21H21N3O7. The van der Waals surface area contributed by atoms with Crippen molar-refractivity contribution in [3.63, 3.8) is 0 Å². The van der Waals surface area contributed by atoms with E-state index in [1.54, 1.807) is 49.4 Å². The van der Waals surface area contributed by atoms with Crippen molar-refractivity contribution in [1.29, 1.82) is 0 Å². The molecule has 1 aliphatic heterocycles. The minimum atomic E-state index is -0.746. The smallest absolute Gasteiger partial charge is 0.347 e. The molecule has 10 nitrogen and oxygen atoms in total. The molecule has 0 aliphatic carbocycles. The Morgan fingerprint density at radius 3 is 2.48 bits per heavy atom. The number of amides is 2. The predicted molar refractivity (Wildman–Crippen MR) is 111 cm³/mol. The van der Waals surface area contributed by atoms with Crippen LogP contribution in [0.5, 0.6) is 11.5 Å². The Hall–Kier alpha value is -4.08. The molecule has 0 fully saturated rings. The van der Waals surface area contributed by atoms with Crippen LogP contribution in [-0.2, 0) is 24.0 Å². The molecule has 0 unspecified atom stereocenters. The molecule has 31 heavy (non-hydrogen) atoms. The Labute approximate surface area is 178 Å². The number of hydrogen-bond acceptors (Lipinski definition) is 8. The molecule has 10 heteroatoms. The number of carbonyl (C=O) groups is 3. The molecule has 2 N–H and O–H groups in total. The largest absolute Gasteiger partial charge is 0.454 e. The van der Waals surface area contributed by atoms with E-state index in [9.17, 15) is 14.4 Å². The Bertz CT molecular complexity index is 1020. The summed E-state index contributed by atoms with van der Waals surface area (Å²) in [6.45, 7) is 2.33. The van der Waals surface area contributed by atoms with Gasteiger partial charge in [-0.15, -0.1) is 0 Å². The van der Waals surface area contributed by atoms with Crippen LogP contribution in [0.25, 0.3) is 0 Å². The first-order valence-corrected chi connectivity index (χ1v) is 9.30. The Morgan fingerprint density at radius 2 is 1.71 bits per heavy atom. The van der Waals surface area contributed by atoms with Gasteiger partial charge in [0.25, 0.3) is 5.91 Å². The third kappa shape index (κ3) is 6.46. The fourth-order valence-corrected chi connectivity index (χ4v) is 2.62. The standard InChI is InChI=1S/C21H21N3O7/c1-13(15-6-7-18-19(8-15)30-12-29-18)24-31-11-21(27)28-10-20(26)23-17-5-3-4-16(9-17)22-14(2)25/h3-9H,10-12H2,1-2H3,(H,22,25)(H,23,26)/b24-13-. The van der Waals surface area contributed by atoms with E-state index in [0.717, 1.165) is 5.56 Å². The van der Waals surface area contributed by atoms with Gasteiger partial charge in [0.2, 0.25) is 19.3 Å². The Morgan fingerprint density at radius 1 is 0.968 bits per heavy atom. The summed E-state index contributed by atoms with van der Waals surface area (Å²) in [6, 6.07) is 11.9. The van der Waals surface area contributed by atoms with Crippen molar-refractivity contribution in [3.05, 3.63) is 48.0 Å². The van der Waals surface area contributed by atoms with Crippen LogP contribution in [0.15, 0.2) is 47.6 Å². The van der Waals surface area contributed by atoms with Crippen molar-refractivity contribution >= 4 is 34.9 Å². The number of nitrogens with one attached hydrogen (secondary N) is 2. The van der Waals surface area contributed by atoms with Gasteiger partial charge in [-0.3, -0.25) is 9.59 Å². The minimum Gasteiger partial charge on any atom is -0.454 e. The third-order valence-electron chi connectivity index (χ3n) is 4.01. The van der Waals surface area contributed by atoms with Gasteiger partial charge in [-0.05, 0) is 43.3 Å². The Balaban J connectivity index is 1.41. The average Bonchev–Trinajstić information content (AvgIpc) is 3.20. The van der Waals surface area contributed by atoms with E-state index in [1.807, 2.05) is 0 Å². The van der Waals surface area contributed by atoms with Gasteiger partial charge in [-0.2, -0.15) is 0 Å². The molecule has 2 aromatic carbocycles. The minimum absolute atomic E-state index is 0.172. The molecule has 0 aromatic heterocycles. The fraction of sp³-hybridized carbons (Fsp3) is 0.238. The molecule has 2 amide bonds. The van der Waals surface area contributed by atoms with Gasteiger partial charge in [0.05, 0.1) is 5.71 Å². The van der Waals surface area contributed by atoms with Gasteiger partial charge < -0.3 is 29.7 Å².